The summed E-state index contributed by atoms with van der Waals surface area (Å²) in [7, 11) is 0. The zero-order valence-corrected chi connectivity index (χ0v) is 8.82. The molecule has 0 spiro atoms. The standard InChI is InChI=1S/C10H17NO3/c1-4-7-5-8(12)9(13)11(7)6-10(2,3)14/h5,7,12,14H,4,6H2,1-3H3. The monoisotopic (exact) mass is 199 g/mol. The molecule has 0 aromatic heterocycles. The molecule has 1 heterocycles. The first kappa shape index (κ1) is 11.0. The molecule has 2 N–H and O–H groups in total. The number of β-amino-alcohol motifs (C(OH)–C–C–N with tert-alkyl or cyclic N) is 1. The average molecular weight is 199 g/mol. The van der Waals surface area contributed by atoms with Crippen molar-refractivity contribution >= 4 is 5.91 Å². The van der Waals surface area contributed by atoms with E-state index < -0.39 is 5.60 Å². The van der Waals surface area contributed by atoms with Gasteiger partial charge in [0.05, 0.1) is 11.6 Å². The summed E-state index contributed by atoms with van der Waals surface area (Å²) in [6.45, 7) is 5.46. The van der Waals surface area contributed by atoms with Gasteiger partial charge >= 0.3 is 0 Å². The maximum Gasteiger partial charge on any atom is 0.289 e. The normalized spacial score (nSPS) is 22.9. The van der Waals surface area contributed by atoms with Crippen LogP contribution >= 0.6 is 0 Å². The Hall–Kier alpha value is -1.03. The highest BCUT2D eigenvalue weighted by Crippen LogP contribution is 2.21. The van der Waals surface area contributed by atoms with E-state index in [0.29, 0.717) is 0 Å². The molecule has 1 aliphatic heterocycles. The van der Waals surface area contributed by atoms with Crippen molar-refractivity contribution in [2.45, 2.75) is 38.8 Å². The Bertz CT molecular complexity index is 265. The molecular formula is C10H17NO3. The summed E-state index contributed by atoms with van der Waals surface area (Å²) in [6, 6.07) is -0.0890. The lowest BCUT2D eigenvalue weighted by Gasteiger charge is -2.29. The van der Waals surface area contributed by atoms with Crippen molar-refractivity contribution in [2.75, 3.05) is 6.54 Å². The lowest BCUT2D eigenvalue weighted by Crippen LogP contribution is -2.44. The second kappa shape index (κ2) is 3.61. The largest absolute Gasteiger partial charge is 0.503 e. The molecule has 0 saturated carbocycles. The van der Waals surface area contributed by atoms with Crippen molar-refractivity contribution in [3.05, 3.63) is 11.8 Å². The molecule has 1 unspecified atom stereocenters. The fourth-order valence-corrected chi connectivity index (χ4v) is 1.59. The van der Waals surface area contributed by atoms with Crippen LogP contribution in [0.15, 0.2) is 11.8 Å². The summed E-state index contributed by atoms with van der Waals surface area (Å²) in [4.78, 5) is 12.9. The van der Waals surface area contributed by atoms with E-state index in [1.165, 1.54) is 11.0 Å². The van der Waals surface area contributed by atoms with Crippen molar-refractivity contribution in [3.8, 4) is 0 Å². The van der Waals surface area contributed by atoms with Crippen molar-refractivity contribution in [1.29, 1.82) is 0 Å². The van der Waals surface area contributed by atoms with Gasteiger partial charge in [0, 0.05) is 6.54 Å². The molecule has 0 aromatic rings. The van der Waals surface area contributed by atoms with Gasteiger partial charge in [-0.2, -0.15) is 0 Å². The van der Waals surface area contributed by atoms with Crippen LogP contribution in [0.1, 0.15) is 27.2 Å². The first-order valence-electron chi connectivity index (χ1n) is 4.79. The molecule has 0 fully saturated rings. The smallest absolute Gasteiger partial charge is 0.289 e. The maximum atomic E-state index is 11.4. The first-order chi connectivity index (χ1) is 6.35. The Morgan fingerprint density at radius 3 is 2.57 bits per heavy atom. The highest BCUT2D eigenvalue weighted by Gasteiger charge is 2.34. The molecule has 4 nitrogen and oxygen atoms in total. The molecule has 4 heteroatoms. The van der Waals surface area contributed by atoms with Crippen LogP contribution in [0.25, 0.3) is 0 Å². The van der Waals surface area contributed by atoms with Crippen molar-refractivity contribution in [1.82, 2.24) is 4.90 Å². The van der Waals surface area contributed by atoms with Gasteiger partial charge < -0.3 is 15.1 Å². The van der Waals surface area contributed by atoms with Gasteiger partial charge in [-0.3, -0.25) is 4.79 Å². The molecule has 0 aliphatic carbocycles. The number of carbonyl (C=O) groups is 1. The minimum Gasteiger partial charge on any atom is -0.503 e. The summed E-state index contributed by atoms with van der Waals surface area (Å²) in [6.07, 6.45) is 2.28. The Labute approximate surface area is 83.8 Å². The number of rotatable bonds is 3. The summed E-state index contributed by atoms with van der Waals surface area (Å²) in [5.41, 5.74) is -0.929. The Balaban J connectivity index is 2.75. The fraction of sp³-hybridized carbons (Fsp3) is 0.700. The minimum absolute atomic E-state index is 0.0890. The second-order valence-electron chi connectivity index (χ2n) is 4.27. The van der Waals surface area contributed by atoms with Crippen molar-refractivity contribution in [3.63, 3.8) is 0 Å². The van der Waals surface area contributed by atoms with Crippen LogP contribution in [0.5, 0.6) is 0 Å². The Kier molecular flexibility index (Phi) is 2.85. The summed E-state index contributed by atoms with van der Waals surface area (Å²) >= 11 is 0. The molecule has 1 aliphatic rings. The molecule has 1 amide bonds. The molecule has 1 rings (SSSR count). The van der Waals surface area contributed by atoms with Gasteiger partial charge in [-0.05, 0) is 26.3 Å². The highest BCUT2D eigenvalue weighted by molar-refractivity contribution is 5.94. The van der Waals surface area contributed by atoms with Gasteiger partial charge in [-0.15, -0.1) is 0 Å². The molecule has 1 atom stereocenters. The third kappa shape index (κ3) is 2.26. The maximum absolute atomic E-state index is 11.4. The molecular weight excluding hydrogens is 182 g/mol. The second-order valence-corrected chi connectivity index (χ2v) is 4.27. The van der Waals surface area contributed by atoms with E-state index >= 15 is 0 Å². The molecule has 0 aromatic carbocycles. The Morgan fingerprint density at radius 1 is 1.57 bits per heavy atom. The number of hydrogen-bond donors (Lipinski definition) is 2. The first-order valence-corrected chi connectivity index (χ1v) is 4.79. The minimum atomic E-state index is -0.929. The zero-order chi connectivity index (χ0) is 10.9. The Morgan fingerprint density at radius 2 is 2.14 bits per heavy atom. The molecule has 0 saturated heterocycles. The lowest BCUT2D eigenvalue weighted by molar-refractivity contribution is -0.132. The van der Waals surface area contributed by atoms with Gasteiger partial charge in [0.15, 0.2) is 5.76 Å². The van der Waals surface area contributed by atoms with Crippen LogP contribution in [0.2, 0.25) is 0 Å². The van der Waals surface area contributed by atoms with Crippen LogP contribution in [-0.4, -0.2) is 39.2 Å². The zero-order valence-electron chi connectivity index (χ0n) is 8.82. The SMILES string of the molecule is CCC1C=C(O)C(=O)N1CC(C)(C)O. The average Bonchev–Trinajstić information content (AvgIpc) is 2.30. The van der Waals surface area contributed by atoms with E-state index in [0.717, 1.165) is 6.42 Å². The van der Waals surface area contributed by atoms with Crippen LogP contribution in [0.4, 0.5) is 0 Å². The summed E-state index contributed by atoms with van der Waals surface area (Å²) < 4.78 is 0. The van der Waals surface area contributed by atoms with E-state index in [4.69, 9.17) is 0 Å². The van der Waals surface area contributed by atoms with Gasteiger partial charge in [-0.25, -0.2) is 0 Å². The molecule has 80 valence electrons. The number of aliphatic hydroxyl groups is 2. The predicted octanol–water partition coefficient (Wildman–Crippen LogP) is 0.820. The molecule has 0 bridgehead atoms. The number of hydrogen-bond acceptors (Lipinski definition) is 3. The number of carbonyl (C=O) groups excluding carboxylic acids is 1. The van der Waals surface area contributed by atoms with E-state index in [-0.39, 0.29) is 24.3 Å². The van der Waals surface area contributed by atoms with Gasteiger partial charge in [0.1, 0.15) is 0 Å². The van der Waals surface area contributed by atoms with Gasteiger partial charge in [0.25, 0.3) is 5.91 Å². The summed E-state index contributed by atoms with van der Waals surface area (Å²) in [5, 5.41) is 18.9. The summed E-state index contributed by atoms with van der Waals surface area (Å²) in [5.74, 6) is -0.597. The number of aliphatic hydroxyl groups excluding tert-OH is 1. The quantitative estimate of drug-likeness (QED) is 0.707. The van der Waals surface area contributed by atoms with E-state index in [1.807, 2.05) is 6.92 Å². The molecule has 14 heavy (non-hydrogen) atoms. The molecule has 0 radical (unpaired) electrons. The van der Waals surface area contributed by atoms with Crippen LogP contribution < -0.4 is 0 Å². The topological polar surface area (TPSA) is 60.8 Å². The van der Waals surface area contributed by atoms with E-state index in [9.17, 15) is 15.0 Å². The lowest BCUT2D eigenvalue weighted by atomic mass is 10.1. The van der Waals surface area contributed by atoms with Crippen LogP contribution in [-0.2, 0) is 4.79 Å². The number of nitrogens with zero attached hydrogens (tertiary/aromatic N) is 1. The van der Waals surface area contributed by atoms with E-state index in [2.05, 4.69) is 0 Å². The van der Waals surface area contributed by atoms with Gasteiger partial charge in [-0.1, -0.05) is 6.92 Å². The third-order valence-corrected chi connectivity index (χ3v) is 2.21. The third-order valence-electron chi connectivity index (χ3n) is 2.21. The van der Waals surface area contributed by atoms with Crippen LogP contribution in [0.3, 0.4) is 0 Å². The van der Waals surface area contributed by atoms with Gasteiger partial charge in [0.2, 0.25) is 0 Å². The fourth-order valence-electron chi connectivity index (χ4n) is 1.59. The number of amides is 1. The predicted molar refractivity (Wildman–Crippen MR) is 52.8 cm³/mol. The van der Waals surface area contributed by atoms with Crippen LogP contribution in [0, 0.1) is 0 Å². The van der Waals surface area contributed by atoms with Crippen molar-refractivity contribution < 1.29 is 15.0 Å². The van der Waals surface area contributed by atoms with Crippen molar-refractivity contribution in [2.24, 2.45) is 0 Å². The highest BCUT2D eigenvalue weighted by atomic mass is 16.3. The van der Waals surface area contributed by atoms with E-state index in [1.54, 1.807) is 13.8 Å².